The molecule has 0 aliphatic carbocycles. The summed E-state index contributed by atoms with van der Waals surface area (Å²) in [4.78, 5) is 15.0. The van der Waals surface area contributed by atoms with Gasteiger partial charge in [0.05, 0.1) is 30.9 Å². The van der Waals surface area contributed by atoms with Crippen LogP contribution in [0.3, 0.4) is 0 Å². The van der Waals surface area contributed by atoms with E-state index in [-0.39, 0.29) is 16.3 Å². The molecule has 1 heterocycles. The Kier molecular flexibility index (Phi) is 7.43. The smallest absolute Gasteiger partial charge is 0.264 e. The van der Waals surface area contributed by atoms with Crippen molar-refractivity contribution in [3.63, 3.8) is 0 Å². The lowest BCUT2D eigenvalue weighted by Gasteiger charge is -2.40. The van der Waals surface area contributed by atoms with Crippen LogP contribution in [-0.4, -0.2) is 71.8 Å². The van der Waals surface area contributed by atoms with E-state index in [2.05, 4.69) is 24.1 Å². The molecule has 1 fully saturated rings. The molecule has 1 saturated heterocycles. The Balaban J connectivity index is 1.69. The van der Waals surface area contributed by atoms with Crippen molar-refractivity contribution in [3.8, 4) is 5.75 Å². The highest BCUT2D eigenvalue weighted by Crippen LogP contribution is 2.30. The second-order valence-electron chi connectivity index (χ2n) is 8.26. The maximum Gasteiger partial charge on any atom is 0.264 e. The first kappa shape index (κ1) is 24.0. The molecule has 1 N–H and O–H groups in total. The van der Waals surface area contributed by atoms with Gasteiger partial charge >= 0.3 is 0 Å². The first-order chi connectivity index (χ1) is 15.2. The summed E-state index contributed by atoms with van der Waals surface area (Å²) in [5.74, 6) is 0.214. The zero-order valence-corrected chi connectivity index (χ0v) is 19.8. The van der Waals surface area contributed by atoms with Gasteiger partial charge in [0.25, 0.3) is 15.9 Å². The van der Waals surface area contributed by atoms with Gasteiger partial charge in [-0.2, -0.15) is 0 Å². The van der Waals surface area contributed by atoms with E-state index >= 15 is 0 Å². The summed E-state index contributed by atoms with van der Waals surface area (Å²) in [6.07, 6.45) is 0. The Labute approximate surface area is 190 Å². The molecule has 0 bridgehead atoms. The summed E-state index contributed by atoms with van der Waals surface area (Å²) >= 11 is 0. The average Bonchev–Trinajstić information content (AvgIpc) is 2.82. The fourth-order valence-electron chi connectivity index (χ4n) is 3.63. The SMILES string of the molecule is COc1ccccc1N(C)S(=O)(=O)c1ccc(C(=O)NCC(C)(C)N2CCOCC2)cc1. The molecule has 0 spiro atoms. The van der Waals surface area contributed by atoms with Gasteiger partial charge in [0.15, 0.2) is 0 Å². The summed E-state index contributed by atoms with van der Waals surface area (Å²) in [5.41, 5.74) is 0.629. The second kappa shape index (κ2) is 9.89. The maximum absolute atomic E-state index is 13.1. The lowest BCUT2D eigenvalue weighted by Crippen LogP contribution is -2.55. The lowest BCUT2D eigenvalue weighted by atomic mass is 10.0. The average molecular weight is 462 g/mol. The predicted molar refractivity (Wildman–Crippen MR) is 124 cm³/mol. The highest BCUT2D eigenvalue weighted by Gasteiger charge is 2.29. The number of anilines is 1. The third-order valence-corrected chi connectivity index (χ3v) is 7.53. The number of amides is 1. The number of hydrogen-bond donors (Lipinski definition) is 1. The number of benzene rings is 2. The van der Waals surface area contributed by atoms with Gasteiger partial charge in [0.2, 0.25) is 0 Å². The zero-order chi connectivity index (χ0) is 23.4. The van der Waals surface area contributed by atoms with Crippen molar-refractivity contribution in [3.05, 3.63) is 54.1 Å². The Morgan fingerprint density at radius 2 is 1.75 bits per heavy atom. The molecule has 1 amide bonds. The number of carbonyl (C=O) groups excluding carboxylic acids is 1. The number of rotatable bonds is 8. The van der Waals surface area contributed by atoms with Crippen LogP contribution in [0.2, 0.25) is 0 Å². The Morgan fingerprint density at radius 1 is 1.12 bits per heavy atom. The molecule has 1 aliphatic rings. The van der Waals surface area contributed by atoms with E-state index in [1.807, 2.05) is 0 Å². The van der Waals surface area contributed by atoms with E-state index in [9.17, 15) is 13.2 Å². The fraction of sp³-hybridized carbons (Fsp3) is 0.435. The summed E-state index contributed by atoms with van der Waals surface area (Å²) in [7, 11) is -0.847. The zero-order valence-electron chi connectivity index (χ0n) is 19.0. The molecule has 174 valence electrons. The van der Waals surface area contributed by atoms with Crippen molar-refractivity contribution in [2.24, 2.45) is 0 Å². The van der Waals surface area contributed by atoms with Crippen molar-refractivity contribution in [1.29, 1.82) is 0 Å². The number of para-hydroxylation sites is 2. The third-order valence-electron chi connectivity index (χ3n) is 5.75. The van der Waals surface area contributed by atoms with Crippen LogP contribution in [-0.2, 0) is 14.8 Å². The summed E-state index contributed by atoms with van der Waals surface area (Å²) < 4.78 is 38.0. The van der Waals surface area contributed by atoms with Gasteiger partial charge in [-0.3, -0.25) is 14.0 Å². The van der Waals surface area contributed by atoms with Crippen LogP contribution in [0.25, 0.3) is 0 Å². The van der Waals surface area contributed by atoms with Crippen LogP contribution in [0.5, 0.6) is 5.75 Å². The van der Waals surface area contributed by atoms with E-state index in [1.165, 1.54) is 42.7 Å². The Bertz CT molecular complexity index is 1030. The molecule has 0 aromatic heterocycles. The topological polar surface area (TPSA) is 88.2 Å². The first-order valence-corrected chi connectivity index (χ1v) is 11.9. The van der Waals surface area contributed by atoms with Gasteiger partial charge in [-0.15, -0.1) is 0 Å². The minimum atomic E-state index is -3.81. The summed E-state index contributed by atoms with van der Waals surface area (Å²) in [5, 5.41) is 2.96. The van der Waals surface area contributed by atoms with E-state index in [0.717, 1.165) is 13.1 Å². The van der Waals surface area contributed by atoms with Crippen molar-refractivity contribution in [2.75, 3.05) is 51.3 Å². The van der Waals surface area contributed by atoms with Crippen LogP contribution in [0.4, 0.5) is 5.69 Å². The Hall–Kier alpha value is -2.62. The van der Waals surface area contributed by atoms with Gasteiger partial charge in [-0.05, 0) is 50.2 Å². The molecule has 0 radical (unpaired) electrons. The largest absolute Gasteiger partial charge is 0.495 e. The van der Waals surface area contributed by atoms with Crippen LogP contribution in [0, 0.1) is 0 Å². The predicted octanol–water partition coefficient (Wildman–Crippen LogP) is 2.36. The summed E-state index contributed by atoms with van der Waals surface area (Å²) in [6.45, 7) is 7.68. The van der Waals surface area contributed by atoms with Gasteiger partial charge in [-0.25, -0.2) is 8.42 Å². The number of ether oxygens (including phenoxy) is 2. The molecular weight excluding hydrogens is 430 g/mol. The maximum atomic E-state index is 13.1. The second-order valence-corrected chi connectivity index (χ2v) is 10.2. The van der Waals surface area contributed by atoms with Crippen LogP contribution >= 0.6 is 0 Å². The number of morpholine rings is 1. The number of nitrogens with zero attached hydrogens (tertiary/aromatic N) is 2. The molecule has 0 unspecified atom stereocenters. The van der Waals surface area contributed by atoms with E-state index < -0.39 is 10.0 Å². The summed E-state index contributed by atoms with van der Waals surface area (Å²) in [6, 6.07) is 12.8. The van der Waals surface area contributed by atoms with Gasteiger partial charge < -0.3 is 14.8 Å². The van der Waals surface area contributed by atoms with Crippen molar-refractivity contribution >= 4 is 21.6 Å². The van der Waals surface area contributed by atoms with Crippen molar-refractivity contribution < 1.29 is 22.7 Å². The monoisotopic (exact) mass is 461 g/mol. The molecule has 9 heteroatoms. The normalized spacial score (nSPS) is 15.2. The van der Waals surface area contributed by atoms with Crippen LogP contribution in [0.1, 0.15) is 24.2 Å². The van der Waals surface area contributed by atoms with Crippen molar-refractivity contribution in [2.45, 2.75) is 24.3 Å². The van der Waals surface area contributed by atoms with Crippen LogP contribution in [0.15, 0.2) is 53.4 Å². The molecule has 3 rings (SSSR count). The van der Waals surface area contributed by atoms with Gasteiger partial charge in [-0.1, -0.05) is 12.1 Å². The van der Waals surface area contributed by atoms with Crippen molar-refractivity contribution in [1.82, 2.24) is 10.2 Å². The molecule has 2 aromatic carbocycles. The highest BCUT2D eigenvalue weighted by molar-refractivity contribution is 7.92. The van der Waals surface area contributed by atoms with Crippen LogP contribution < -0.4 is 14.4 Å². The van der Waals surface area contributed by atoms with Gasteiger partial charge in [0, 0.05) is 37.8 Å². The lowest BCUT2D eigenvalue weighted by molar-refractivity contribution is -0.00923. The third kappa shape index (κ3) is 5.23. The molecule has 0 atom stereocenters. The number of methoxy groups -OCH3 is 1. The number of carbonyl (C=O) groups is 1. The number of nitrogens with one attached hydrogen (secondary N) is 1. The molecule has 8 nitrogen and oxygen atoms in total. The number of hydrogen-bond acceptors (Lipinski definition) is 6. The minimum absolute atomic E-state index is 0.0936. The van der Waals surface area contributed by atoms with E-state index in [0.29, 0.717) is 36.8 Å². The molecular formula is C23H31N3O5S. The molecule has 0 saturated carbocycles. The molecule has 32 heavy (non-hydrogen) atoms. The first-order valence-electron chi connectivity index (χ1n) is 10.5. The number of sulfonamides is 1. The quantitative estimate of drug-likeness (QED) is 0.649. The molecule has 1 aliphatic heterocycles. The highest BCUT2D eigenvalue weighted by atomic mass is 32.2. The van der Waals surface area contributed by atoms with Gasteiger partial charge in [0.1, 0.15) is 5.75 Å². The Morgan fingerprint density at radius 3 is 2.38 bits per heavy atom. The van der Waals surface area contributed by atoms with E-state index in [4.69, 9.17) is 9.47 Å². The minimum Gasteiger partial charge on any atom is -0.495 e. The molecule has 2 aromatic rings. The standard InChI is InChI=1S/C23H31N3O5S/c1-23(2,26-13-15-31-16-14-26)17-24-22(27)18-9-11-19(12-10-18)32(28,29)25(3)20-7-5-6-8-21(20)30-4/h5-12H,13-17H2,1-4H3,(H,24,27). The van der Waals surface area contributed by atoms with E-state index in [1.54, 1.807) is 24.3 Å². The fourth-order valence-corrected chi connectivity index (χ4v) is 4.84.